The Morgan fingerprint density at radius 1 is 1.20 bits per heavy atom. The Balaban J connectivity index is 2.95. The van der Waals surface area contributed by atoms with E-state index in [1.807, 2.05) is 18.2 Å². The topological polar surface area (TPSA) is 36.9 Å². The van der Waals surface area contributed by atoms with E-state index in [2.05, 4.69) is 0 Å². The van der Waals surface area contributed by atoms with Gasteiger partial charge in [-0.15, -0.1) is 0 Å². The summed E-state index contributed by atoms with van der Waals surface area (Å²) in [5.41, 5.74) is 8.50. The predicted octanol–water partition coefficient (Wildman–Crippen LogP) is 2.35. The third kappa shape index (κ3) is 0.589. The monoisotopic (exact) mass is 132 g/mol. The molecular formula is C8H6NO. The number of furan rings is 1. The van der Waals surface area contributed by atoms with Crippen LogP contribution in [0.15, 0.2) is 34.9 Å². The molecule has 0 fully saturated rings. The average molecular weight is 132 g/mol. The van der Waals surface area contributed by atoms with Gasteiger partial charge in [-0.3, -0.25) is 5.73 Å². The molecule has 1 aromatic carbocycles. The Morgan fingerprint density at radius 2 is 2.10 bits per heavy atom. The minimum absolute atomic E-state index is 0.447. The van der Waals surface area contributed by atoms with Crippen LogP contribution in [-0.2, 0) is 0 Å². The predicted molar refractivity (Wildman–Crippen MR) is 39.0 cm³/mol. The summed E-state index contributed by atoms with van der Waals surface area (Å²) in [5, 5.41) is 0.993. The molecule has 1 N–H and O–H groups in total. The molecule has 0 spiro atoms. The highest BCUT2D eigenvalue weighted by atomic mass is 16.3. The van der Waals surface area contributed by atoms with Gasteiger partial charge in [-0.05, 0) is 12.1 Å². The van der Waals surface area contributed by atoms with Crippen molar-refractivity contribution in [1.29, 1.82) is 0 Å². The SMILES string of the molecule is [NH]c1cccc2ccoc12. The fourth-order valence-corrected chi connectivity index (χ4v) is 0.993. The van der Waals surface area contributed by atoms with Crippen molar-refractivity contribution in [2.45, 2.75) is 0 Å². The molecule has 0 unspecified atom stereocenters. The number of benzene rings is 1. The minimum Gasteiger partial charge on any atom is -0.462 e. The summed E-state index contributed by atoms with van der Waals surface area (Å²) in [5.74, 6) is 0. The van der Waals surface area contributed by atoms with E-state index in [0.717, 1.165) is 5.39 Å². The van der Waals surface area contributed by atoms with Crippen LogP contribution in [0.1, 0.15) is 0 Å². The Morgan fingerprint density at radius 3 is 2.90 bits per heavy atom. The molecule has 0 saturated heterocycles. The highest BCUT2D eigenvalue weighted by Gasteiger charge is 1.98. The van der Waals surface area contributed by atoms with E-state index in [9.17, 15) is 0 Å². The van der Waals surface area contributed by atoms with E-state index in [0.29, 0.717) is 11.3 Å². The number of hydrogen-bond acceptors (Lipinski definition) is 1. The molecule has 10 heavy (non-hydrogen) atoms. The van der Waals surface area contributed by atoms with Crippen molar-refractivity contribution in [3.63, 3.8) is 0 Å². The Bertz CT molecular complexity index is 351. The number of hydrogen-bond donors (Lipinski definition) is 0. The van der Waals surface area contributed by atoms with Gasteiger partial charge in [0.05, 0.1) is 12.0 Å². The van der Waals surface area contributed by atoms with Crippen molar-refractivity contribution < 1.29 is 4.42 Å². The first kappa shape index (κ1) is 5.35. The lowest BCUT2D eigenvalue weighted by molar-refractivity contribution is 0.616. The molecule has 1 heterocycles. The maximum atomic E-state index is 7.39. The van der Waals surface area contributed by atoms with Gasteiger partial charge in [-0.2, -0.15) is 0 Å². The lowest BCUT2D eigenvalue weighted by Gasteiger charge is -1.89. The maximum absolute atomic E-state index is 7.39. The third-order valence-electron chi connectivity index (χ3n) is 1.48. The van der Waals surface area contributed by atoms with E-state index in [-0.39, 0.29) is 0 Å². The van der Waals surface area contributed by atoms with Crippen LogP contribution < -0.4 is 5.73 Å². The van der Waals surface area contributed by atoms with Gasteiger partial charge in [0.1, 0.15) is 0 Å². The second kappa shape index (κ2) is 1.77. The Labute approximate surface area is 58.2 Å². The molecule has 1 radical (unpaired) electrons. The highest BCUT2D eigenvalue weighted by molar-refractivity contribution is 5.86. The largest absolute Gasteiger partial charge is 0.462 e. The molecule has 0 saturated carbocycles. The van der Waals surface area contributed by atoms with Gasteiger partial charge in [0.25, 0.3) is 0 Å². The number of rotatable bonds is 0. The normalized spacial score (nSPS) is 10.4. The van der Waals surface area contributed by atoms with Gasteiger partial charge in [-0.1, -0.05) is 12.1 Å². The summed E-state index contributed by atoms with van der Waals surface area (Å²) in [6.45, 7) is 0. The molecule has 2 rings (SSSR count). The summed E-state index contributed by atoms with van der Waals surface area (Å²) in [6.07, 6.45) is 1.60. The average Bonchev–Trinajstić information content (AvgIpc) is 2.36. The fraction of sp³-hybridized carbons (Fsp3) is 0. The van der Waals surface area contributed by atoms with Crippen LogP contribution in [0, 0.1) is 0 Å². The first-order valence-corrected chi connectivity index (χ1v) is 3.06. The summed E-state index contributed by atoms with van der Waals surface area (Å²) in [4.78, 5) is 0. The number of nitrogens with one attached hydrogen (secondary N) is 1. The first-order chi connectivity index (χ1) is 4.88. The van der Waals surface area contributed by atoms with E-state index in [1.165, 1.54) is 0 Å². The van der Waals surface area contributed by atoms with Crippen LogP contribution in [0.25, 0.3) is 11.0 Å². The maximum Gasteiger partial charge on any atom is 0.158 e. The molecule has 2 heteroatoms. The van der Waals surface area contributed by atoms with E-state index >= 15 is 0 Å². The van der Waals surface area contributed by atoms with Crippen LogP contribution >= 0.6 is 0 Å². The molecule has 49 valence electrons. The molecule has 2 nitrogen and oxygen atoms in total. The fourth-order valence-electron chi connectivity index (χ4n) is 0.993. The highest BCUT2D eigenvalue weighted by Crippen LogP contribution is 2.21. The first-order valence-electron chi connectivity index (χ1n) is 3.06. The quantitative estimate of drug-likeness (QED) is 0.542. The summed E-state index contributed by atoms with van der Waals surface area (Å²) >= 11 is 0. The zero-order chi connectivity index (χ0) is 6.97. The minimum atomic E-state index is 0.447. The van der Waals surface area contributed by atoms with Crippen molar-refractivity contribution in [1.82, 2.24) is 5.73 Å². The van der Waals surface area contributed by atoms with Crippen molar-refractivity contribution in [2.75, 3.05) is 0 Å². The molecule has 0 amide bonds. The molecule has 2 aromatic rings. The van der Waals surface area contributed by atoms with Crippen LogP contribution in [0.4, 0.5) is 5.69 Å². The summed E-state index contributed by atoms with van der Waals surface area (Å²) < 4.78 is 5.06. The van der Waals surface area contributed by atoms with Gasteiger partial charge < -0.3 is 4.42 Å². The second-order valence-electron chi connectivity index (χ2n) is 2.14. The zero-order valence-electron chi connectivity index (χ0n) is 5.29. The van der Waals surface area contributed by atoms with E-state index in [1.54, 1.807) is 12.3 Å². The lowest BCUT2D eigenvalue weighted by atomic mass is 10.2. The smallest absolute Gasteiger partial charge is 0.158 e. The zero-order valence-corrected chi connectivity index (χ0v) is 5.29. The standard InChI is InChI=1S/C8H6NO/c9-7-3-1-2-6-4-5-10-8(6)7/h1-5,9H. The third-order valence-corrected chi connectivity index (χ3v) is 1.48. The van der Waals surface area contributed by atoms with Gasteiger partial charge in [-0.25, -0.2) is 0 Å². The number of fused-ring (bicyclic) bond motifs is 1. The van der Waals surface area contributed by atoms with Crippen molar-refractivity contribution in [3.8, 4) is 0 Å². The Kier molecular flexibility index (Phi) is 0.947. The van der Waals surface area contributed by atoms with Gasteiger partial charge >= 0.3 is 0 Å². The Hall–Kier alpha value is -1.44. The van der Waals surface area contributed by atoms with E-state index < -0.39 is 0 Å². The van der Waals surface area contributed by atoms with Crippen molar-refractivity contribution >= 4 is 16.7 Å². The van der Waals surface area contributed by atoms with Crippen LogP contribution in [0.2, 0.25) is 0 Å². The molecule has 0 aliphatic carbocycles. The second-order valence-corrected chi connectivity index (χ2v) is 2.14. The van der Waals surface area contributed by atoms with Crippen LogP contribution in [0.3, 0.4) is 0 Å². The molecule has 0 atom stereocenters. The van der Waals surface area contributed by atoms with Crippen LogP contribution in [0.5, 0.6) is 0 Å². The summed E-state index contributed by atoms with van der Waals surface area (Å²) in [7, 11) is 0. The number of para-hydroxylation sites is 1. The molecule has 0 bridgehead atoms. The van der Waals surface area contributed by atoms with E-state index in [4.69, 9.17) is 10.2 Å². The molecule has 0 aliphatic heterocycles. The molecule has 0 aliphatic rings. The van der Waals surface area contributed by atoms with Gasteiger partial charge in [0, 0.05) is 5.39 Å². The van der Waals surface area contributed by atoms with Crippen molar-refractivity contribution in [3.05, 3.63) is 30.5 Å². The molecular weight excluding hydrogens is 126 g/mol. The van der Waals surface area contributed by atoms with Crippen molar-refractivity contribution in [2.24, 2.45) is 0 Å². The van der Waals surface area contributed by atoms with Crippen LogP contribution in [-0.4, -0.2) is 0 Å². The van der Waals surface area contributed by atoms with Gasteiger partial charge in [0.15, 0.2) is 5.58 Å². The lowest BCUT2D eigenvalue weighted by Crippen LogP contribution is -1.67. The summed E-state index contributed by atoms with van der Waals surface area (Å²) in [6, 6.07) is 7.34. The molecule has 1 aromatic heterocycles. The van der Waals surface area contributed by atoms with Gasteiger partial charge in [0.2, 0.25) is 0 Å².